The molecule has 3 nitrogen and oxygen atoms in total. The number of aromatic nitrogens is 1. The van der Waals surface area contributed by atoms with Crippen LogP contribution in [0.1, 0.15) is 0 Å². The molecule has 1 aromatic heterocycles. The van der Waals surface area contributed by atoms with Crippen molar-refractivity contribution in [3.05, 3.63) is 393 Å². The molecule has 0 aliphatic rings. The predicted molar refractivity (Wildman–Crippen MR) is 405 cm³/mol. The molecule has 0 saturated heterocycles. The smallest absolute Gasteiger partial charge is 0.0619 e. The van der Waals surface area contributed by atoms with Crippen LogP contribution in [0.4, 0.5) is 38.8 Å². The fraction of sp³-hybridized carbons (Fsp3) is 0. The van der Waals surface area contributed by atoms with E-state index in [0.717, 1.165) is 44.3 Å². The van der Waals surface area contributed by atoms with E-state index in [1.54, 1.807) is 0 Å². The monoisotopic (exact) mass is 1290 g/mol. The number of rotatable bonds is 14. The summed E-state index contributed by atoms with van der Waals surface area (Å²) in [5, 5.41) is 2.52. The number of benzene rings is 15. The molecule has 16 aromatic rings. The molecule has 95 heavy (non-hydrogen) atoms. The summed E-state index contributed by atoms with van der Waals surface area (Å²) in [6.07, 6.45) is 0. The zero-order chi connectivity index (χ0) is 63.0. The Kier molecular flexibility index (Phi) is 17.8. The van der Waals surface area contributed by atoms with E-state index < -0.39 is 0 Å². The first-order valence-corrected chi connectivity index (χ1v) is 32.7. The highest BCUT2D eigenvalue weighted by atomic mass is 79.9. The highest BCUT2D eigenvalue weighted by molar-refractivity contribution is 9.10. The summed E-state index contributed by atoms with van der Waals surface area (Å²) >= 11 is 3.53. The van der Waals surface area contributed by atoms with Gasteiger partial charge in [0.25, 0.3) is 0 Å². The van der Waals surface area contributed by atoms with E-state index in [0.29, 0.717) is 0 Å². The standard InChI is InChI=1S/C54H38N2.C36H26BrN.FH/c1-4-13-39(14-5-1)41-23-31-46(32-24-41)55(47-33-25-42(26-34-47)40-15-6-2-7-16-40)48-35-27-43(28-36-48)44-29-37-49(38-30-44)56-53-22-11-10-19-51(53)52-21-12-20-50(54(52)56)45-17-8-3-9-18-45;37-33-19-11-29(12-20-33)32-17-25-36(26-18-32)38(34-21-13-30(14-22-34)27-7-3-1-4-8-27)35-23-15-31(16-24-35)28-9-5-2-6-10-28;/h1-38H;1-26H;1H. The van der Waals surface area contributed by atoms with Crippen LogP contribution in [0.5, 0.6) is 0 Å². The Morgan fingerprint density at radius 1 is 0.200 bits per heavy atom. The van der Waals surface area contributed by atoms with Gasteiger partial charge in [0.1, 0.15) is 0 Å². The minimum Gasteiger partial charge on any atom is -0.311 e. The van der Waals surface area contributed by atoms with Crippen LogP contribution in [0.3, 0.4) is 0 Å². The van der Waals surface area contributed by atoms with Crippen molar-refractivity contribution in [2.75, 3.05) is 9.80 Å². The van der Waals surface area contributed by atoms with E-state index in [2.05, 4.69) is 419 Å². The van der Waals surface area contributed by atoms with Crippen molar-refractivity contribution in [3.63, 3.8) is 0 Å². The third-order valence-corrected chi connectivity index (χ3v) is 18.1. The summed E-state index contributed by atoms with van der Waals surface area (Å²) in [7, 11) is 0. The van der Waals surface area contributed by atoms with Crippen molar-refractivity contribution in [1.29, 1.82) is 0 Å². The maximum Gasteiger partial charge on any atom is 0.0619 e. The Bertz CT molecular complexity index is 4980. The second-order valence-corrected chi connectivity index (χ2v) is 24.3. The maximum absolute atomic E-state index is 3.53. The first-order chi connectivity index (χ1) is 46.5. The van der Waals surface area contributed by atoms with Crippen molar-refractivity contribution in [3.8, 4) is 83.6 Å². The van der Waals surface area contributed by atoms with Crippen LogP contribution in [-0.4, -0.2) is 4.57 Å². The Labute approximate surface area is 563 Å². The number of anilines is 6. The Morgan fingerprint density at radius 3 is 0.758 bits per heavy atom. The van der Waals surface area contributed by atoms with E-state index in [1.807, 2.05) is 0 Å². The summed E-state index contributed by atoms with van der Waals surface area (Å²) in [5.41, 5.74) is 27.1. The molecule has 0 amide bonds. The quantitative estimate of drug-likeness (QED) is 0.107. The van der Waals surface area contributed by atoms with Gasteiger partial charge in [-0.05, 0) is 175 Å². The van der Waals surface area contributed by atoms with Gasteiger partial charge < -0.3 is 14.4 Å². The molecule has 0 aliphatic heterocycles. The van der Waals surface area contributed by atoms with Crippen LogP contribution in [0.25, 0.3) is 105 Å². The molecule has 0 aliphatic carbocycles. The van der Waals surface area contributed by atoms with Gasteiger partial charge in [-0.3, -0.25) is 4.70 Å². The predicted octanol–water partition coefficient (Wildman–Crippen LogP) is 26.0. The van der Waals surface area contributed by atoms with Crippen LogP contribution in [-0.2, 0) is 0 Å². The third kappa shape index (κ3) is 13.0. The van der Waals surface area contributed by atoms with Gasteiger partial charge in [-0.25, -0.2) is 0 Å². The lowest BCUT2D eigenvalue weighted by atomic mass is 10.0. The van der Waals surface area contributed by atoms with E-state index in [1.165, 1.54) is 99.7 Å². The van der Waals surface area contributed by atoms with Gasteiger partial charge in [0, 0.05) is 60.6 Å². The first kappa shape index (κ1) is 60.7. The van der Waals surface area contributed by atoms with E-state index in [9.17, 15) is 0 Å². The van der Waals surface area contributed by atoms with Crippen molar-refractivity contribution in [2.45, 2.75) is 0 Å². The molecule has 0 radical (unpaired) electrons. The van der Waals surface area contributed by atoms with Crippen LogP contribution in [0.2, 0.25) is 0 Å². The number of fused-ring (bicyclic) bond motifs is 3. The molecule has 0 fully saturated rings. The normalized spacial score (nSPS) is 10.9. The zero-order valence-electron chi connectivity index (χ0n) is 52.1. The molecular formula is C90H65BrFN3. The van der Waals surface area contributed by atoms with Crippen molar-refractivity contribution >= 4 is 71.9 Å². The summed E-state index contributed by atoms with van der Waals surface area (Å²) in [4.78, 5) is 4.65. The highest BCUT2D eigenvalue weighted by Gasteiger charge is 2.19. The summed E-state index contributed by atoms with van der Waals surface area (Å²) < 4.78 is 3.51. The largest absolute Gasteiger partial charge is 0.311 e. The van der Waals surface area contributed by atoms with Crippen LogP contribution < -0.4 is 9.80 Å². The molecule has 1 heterocycles. The van der Waals surface area contributed by atoms with Crippen LogP contribution >= 0.6 is 15.9 Å². The van der Waals surface area contributed by atoms with E-state index in [4.69, 9.17) is 0 Å². The van der Waals surface area contributed by atoms with Gasteiger partial charge in [-0.1, -0.05) is 301 Å². The summed E-state index contributed by atoms with van der Waals surface area (Å²) in [5.74, 6) is 0. The molecule has 0 unspecified atom stereocenters. The van der Waals surface area contributed by atoms with Gasteiger partial charge in [-0.2, -0.15) is 0 Å². The number of hydrogen-bond donors (Lipinski definition) is 0. The third-order valence-electron chi connectivity index (χ3n) is 17.6. The molecule has 0 bridgehead atoms. The van der Waals surface area contributed by atoms with Crippen molar-refractivity contribution < 1.29 is 4.70 Å². The fourth-order valence-corrected chi connectivity index (χ4v) is 13.1. The summed E-state index contributed by atoms with van der Waals surface area (Å²) in [6.45, 7) is 0. The van der Waals surface area contributed by atoms with Gasteiger partial charge >= 0.3 is 0 Å². The minimum absolute atomic E-state index is 0. The second-order valence-electron chi connectivity index (χ2n) is 23.4. The lowest BCUT2D eigenvalue weighted by molar-refractivity contribution is 1.11. The van der Waals surface area contributed by atoms with Gasteiger partial charge in [0.2, 0.25) is 0 Å². The fourth-order valence-electron chi connectivity index (χ4n) is 12.8. The lowest BCUT2D eigenvalue weighted by Crippen LogP contribution is -2.09. The van der Waals surface area contributed by atoms with Gasteiger partial charge in [0.05, 0.1) is 11.0 Å². The van der Waals surface area contributed by atoms with Crippen LogP contribution in [0.15, 0.2) is 393 Å². The number of halogens is 2. The SMILES string of the molecule is Brc1ccc(-c2ccc(N(c3ccc(-c4ccccc4)cc3)c3ccc(-c4ccccc4)cc3)cc2)cc1.F.c1ccc(-c2ccc(N(c3ccc(-c4ccccc4)cc3)c3ccc(-c4ccc(-n5c6ccccc6c6cccc(-c7ccccc7)c65)cc4)cc3)cc2)cc1. The molecule has 0 N–H and O–H groups in total. The summed E-state index contributed by atoms with van der Waals surface area (Å²) in [6, 6.07) is 139. The number of hydrogen-bond acceptors (Lipinski definition) is 2. The number of nitrogens with zero attached hydrogens (tertiary/aromatic N) is 3. The zero-order valence-corrected chi connectivity index (χ0v) is 53.7. The van der Waals surface area contributed by atoms with Gasteiger partial charge in [0.15, 0.2) is 0 Å². The Morgan fingerprint density at radius 2 is 0.442 bits per heavy atom. The van der Waals surface area contributed by atoms with E-state index in [-0.39, 0.29) is 4.70 Å². The average molecular weight is 1290 g/mol. The first-order valence-electron chi connectivity index (χ1n) is 31.9. The highest BCUT2D eigenvalue weighted by Crippen LogP contribution is 2.42. The van der Waals surface area contributed by atoms with Crippen molar-refractivity contribution in [1.82, 2.24) is 4.57 Å². The second kappa shape index (κ2) is 27.9. The number of para-hydroxylation sites is 2. The molecule has 15 aromatic carbocycles. The Hall–Kier alpha value is -11.9. The van der Waals surface area contributed by atoms with Gasteiger partial charge in [-0.15, -0.1) is 0 Å². The average Bonchev–Trinajstić information content (AvgIpc) is 1.60. The molecular weight excluding hydrogens is 1220 g/mol. The Balaban J connectivity index is 0.000000174. The molecule has 454 valence electrons. The van der Waals surface area contributed by atoms with Crippen LogP contribution in [0, 0.1) is 0 Å². The lowest BCUT2D eigenvalue weighted by Gasteiger charge is -2.26. The van der Waals surface area contributed by atoms with E-state index >= 15 is 0 Å². The minimum atomic E-state index is 0. The molecule has 5 heteroatoms. The maximum atomic E-state index is 3.53. The molecule has 0 saturated carbocycles. The molecule has 0 atom stereocenters. The molecule has 0 spiro atoms. The molecule has 16 rings (SSSR count). The topological polar surface area (TPSA) is 11.4 Å². The van der Waals surface area contributed by atoms with Crippen molar-refractivity contribution in [2.24, 2.45) is 0 Å².